The normalized spacial score (nSPS) is 14.0. The fourth-order valence-corrected chi connectivity index (χ4v) is 7.38. The minimum atomic E-state index is -4.25. The van der Waals surface area contributed by atoms with Gasteiger partial charge < -0.3 is 4.74 Å². The number of amides is 1. The summed E-state index contributed by atoms with van der Waals surface area (Å²) in [7, 11) is -4.25. The molecule has 3 aromatic rings. The Labute approximate surface area is 298 Å². The maximum atomic E-state index is 13.8. The zero-order valence-electron chi connectivity index (χ0n) is 27.3. The monoisotopic (exact) mass is 740 g/mol. The van der Waals surface area contributed by atoms with Crippen LogP contribution in [0.5, 0.6) is 5.75 Å². The Morgan fingerprint density at radius 2 is 1.51 bits per heavy atom. The van der Waals surface area contributed by atoms with Crippen LogP contribution in [-0.2, 0) is 25.8 Å². The van der Waals surface area contributed by atoms with Crippen molar-refractivity contribution >= 4 is 79.7 Å². The average molecular weight is 743 g/mol. The summed E-state index contributed by atoms with van der Waals surface area (Å²) in [6.07, 6.45) is 1.99. The number of nitrogens with zero attached hydrogens (tertiary/aromatic N) is 3. The van der Waals surface area contributed by atoms with Crippen molar-refractivity contribution < 1.29 is 17.9 Å². The summed E-state index contributed by atoms with van der Waals surface area (Å²) in [5.41, 5.74) is 2.65. The Kier molecular flexibility index (Phi) is 11.8. The Balaban J connectivity index is 1.53. The van der Waals surface area contributed by atoms with Crippen LogP contribution in [-0.4, -0.2) is 33.3 Å². The summed E-state index contributed by atoms with van der Waals surface area (Å²) in [5.74, 6) is 0.217. The minimum absolute atomic E-state index is 0.0317. The zero-order valence-corrected chi connectivity index (χ0v) is 31.2. The van der Waals surface area contributed by atoms with E-state index in [0.717, 1.165) is 33.5 Å². The molecule has 13 heteroatoms. The highest BCUT2D eigenvalue weighted by Gasteiger charge is 2.37. The molecule has 8 nitrogen and oxygen atoms in total. The number of carbonyl (C=O) groups excluding carboxylic acids is 1. The van der Waals surface area contributed by atoms with Crippen molar-refractivity contribution in [3.05, 3.63) is 85.8 Å². The quantitative estimate of drug-likeness (QED) is 0.177. The Morgan fingerprint density at radius 1 is 0.894 bits per heavy atom. The van der Waals surface area contributed by atoms with E-state index in [4.69, 9.17) is 51.1 Å². The molecule has 0 atom stereocenters. The van der Waals surface area contributed by atoms with Crippen molar-refractivity contribution in [1.29, 1.82) is 0 Å². The first kappa shape index (κ1) is 37.3. The van der Waals surface area contributed by atoms with Crippen LogP contribution in [0.25, 0.3) is 0 Å². The van der Waals surface area contributed by atoms with E-state index in [1.54, 1.807) is 12.1 Å². The molecule has 0 saturated carbocycles. The fraction of sp³-hybridized carbons (Fsp3) is 0.412. The number of halogens is 4. The third-order valence-electron chi connectivity index (χ3n) is 8.61. The van der Waals surface area contributed by atoms with E-state index in [0.29, 0.717) is 11.4 Å². The molecule has 0 aliphatic carbocycles. The maximum Gasteiger partial charge on any atom is 0.306 e. The van der Waals surface area contributed by atoms with Gasteiger partial charge in [0.15, 0.2) is 5.84 Å². The lowest BCUT2D eigenvalue weighted by Crippen LogP contribution is -2.45. The lowest BCUT2D eigenvalue weighted by atomic mass is 9.76. The van der Waals surface area contributed by atoms with Crippen molar-refractivity contribution in [3.63, 3.8) is 0 Å². The summed E-state index contributed by atoms with van der Waals surface area (Å²) in [4.78, 5) is 13.1. The molecule has 254 valence electrons. The Morgan fingerprint density at radius 3 is 2.11 bits per heavy atom. The molecule has 0 radical (unpaired) electrons. The highest BCUT2D eigenvalue weighted by atomic mass is 35.5. The summed E-state index contributed by atoms with van der Waals surface area (Å²) in [6.45, 7) is 13.6. The SMILES string of the molecule is CCC(C)(C)c1ccc(OCCCNS(=O)(=O)N(C2=NN(c3c(Cl)cc(Cl)cc3Cl)C(=O)C2)c2ccc(Cl)cc2)c(C(C)(C)CC)c1. The Hall–Kier alpha value is -2.53. The minimum Gasteiger partial charge on any atom is -0.493 e. The molecule has 1 amide bonds. The van der Waals surface area contributed by atoms with E-state index in [1.165, 1.54) is 29.8 Å². The molecule has 4 rings (SSSR count). The first-order valence-electron chi connectivity index (χ1n) is 15.4. The van der Waals surface area contributed by atoms with Crippen molar-refractivity contribution in [2.75, 3.05) is 22.5 Å². The van der Waals surface area contributed by atoms with Gasteiger partial charge in [-0.25, -0.2) is 4.31 Å². The second-order valence-corrected chi connectivity index (χ2v) is 15.9. The fourth-order valence-electron chi connectivity index (χ4n) is 4.96. The van der Waals surface area contributed by atoms with Crippen LogP contribution in [0.15, 0.2) is 59.7 Å². The standard InChI is InChI=1S/C34H40Cl4N4O4S/c1-7-33(3,4)22-10-15-29(26(18-22)34(5,6)8-2)46-17-9-16-39-47(44,45)42(25-13-11-23(35)12-14-25)30-21-31(43)41(40-30)32-27(37)19-24(36)20-28(32)38/h10-15,18-20,39H,7-9,16-17,21H2,1-6H3. The molecule has 0 fully saturated rings. The lowest BCUT2D eigenvalue weighted by molar-refractivity contribution is -0.116. The van der Waals surface area contributed by atoms with Crippen LogP contribution in [0.3, 0.4) is 0 Å². The number of hydrogen-bond donors (Lipinski definition) is 1. The number of rotatable bonds is 13. The van der Waals surface area contributed by atoms with Gasteiger partial charge in [0.25, 0.3) is 5.91 Å². The van der Waals surface area contributed by atoms with Crippen LogP contribution in [0.4, 0.5) is 11.4 Å². The van der Waals surface area contributed by atoms with E-state index >= 15 is 0 Å². The number of amidine groups is 1. The Bertz CT molecular complexity index is 1740. The number of benzene rings is 3. The second kappa shape index (κ2) is 14.9. The van der Waals surface area contributed by atoms with Gasteiger partial charge in [-0.1, -0.05) is 100 Å². The average Bonchev–Trinajstić information content (AvgIpc) is 3.37. The van der Waals surface area contributed by atoms with Gasteiger partial charge in [-0.05, 0) is 78.1 Å². The molecular formula is C34H40Cl4N4O4S. The smallest absolute Gasteiger partial charge is 0.306 e. The number of carbonyl (C=O) groups is 1. The van der Waals surface area contributed by atoms with Gasteiger partial charge in [-0.2, -0.15) is 18.1 Å². The number of ether oxygens (including phenoxy) is 1. The summed E-state index contributed by atoms with van der Waals surface area (Å²) < 4.78 is 37.5. The predicted octanol–water partition coefficient (Wildman–Crippen LogP) is 9.54. The first-order chi connectivity index (χ1) is 22.0. The largest absolute Gasteiger partial charge is 0.493 e. The van der Waals surface area contributed by atoms with Gasteiger partial charge in [0.2, 0.25) is 0 Å². The lowest BCUT2D eigenvalue weighted by Gasteiger charge is -2.30. The summed E-state index contributed by atoms with van der Waals surface area (Å²) >= 11 is 24.8. The van der Waals surface area contributed by atoms with Gasteiger partial charge in [0.05, 0.1) is 28.8 Å². The molecule has 3 aromatic carbocycles. The molecule has 1 aliphatic heterocycles. The van der Waals surface area contributed by atoms with E-state index in [2.05, 4.69) is 63.5 Å². The number of hydrogen-bond acceptors (Lipinski definition) is 5. The molecule has 0 spiro atoms. The third kappa shape index (κ3) is 8.56. The molecule has 1 heterocycles. The molecule has 1 aliphatic rings. The molecule has 1 N–H and O–H groups in total. The zero-order chi connectivity index (χ0) is 34.7. The predicted molar refractivity (Wildman–Crippen MR) is 195 cm³/mol. The molecule has 0 unspecified atom stereocenters. The van der Waals surface area contributed by atoms with Crippen LogP contribution >= 0.6 is 46.4 Å². The third-order valence-corrected chi connectivity index (χ3v) is 11.1. The number of anilines is 2. The number of hydrazone groups is 1. The molecule has 0 bridgehead atoms. The second-order valence-electron chi connectivity index (χ2n) is 12.6. The highest BCUT2D eigenvalue weighted by Crippen LogP contribution is 2.40. The molecule has 47 heavy (non-hydrogen) atoms. The van der Waals surface area contributed by atoms with Gasteiger partial charge in [-0.15, -0.1) is 5.10 Å². The highest BCUT2D eigenvalue weighted by molar-refractivity contribution is 7.91. The van der Waals surface area contributed by atoms with E-state index in [9.17, 15) is 13.2 Å². The van der Waals surface area contributed by atoms with Gasteiger partial charge in [-0.3, -0.25) is 4.79 Å². The van der Waals surface area contributed by atoms with E-state index in [1.807, 2.05) is 6.07 Å². The van der Waals surface area contributed by atoms with E-state index in [-0.39, 0.29) is 62.7 Å². The topological polar surface area (TPSA) is 91.3 Å². The van der Waals surface area contributed by atoms with Gasteiger partial charge in [0, 0.05) is 22.2 Å². The van der Waals surface area contributed by atoms with Crippen molar-refractivity contribution in [2.24, 2.45) is 5.10 Å². The van der Waals surface area contributed by atoms with E-state index < -0.39 is 16.1 Å². The van der Waals surface area contributed by atoms with Crippen LogP contribution < -0.4 is 18.8 Å². The van der Waals surface area contributed by atoms with Gasteiger partial charge in [0.1, 0.15) is 11.4 Å². The molecule has 0 saturated heterocycles. The van der Waals surface area contributed by atoms with Crippen LogP contribution in [0, 0.1) is 0 Å². The summed E-state index contributed by atoms with van der Waals surface area (Å²) in [6, 6.07) is 15.4. The number of nitrogens with one attached hydrogen (secondary N) is 1. The first-order valence-corrected chi connectivity index (χ1v) is 18.3. The molecular weight excluding hydrogens is 702 g/mol. The molecule has 0 aromatic heterocycles. The van der Waals surface area contributed by atoms with Crippen molar-refractivity contribution in [3.8, 4) is 5.75 Å². The van der Waals surface area contributed by atoms with Gasteiger partial charge >= 0.3 is 10.2 Å². The summed E-state index contributed by atoms with van der Waals surface area (Å²) in [5, 5.41) is 6.22. The van der Waals surface area contributed by atoms with Crippen molar-refractivity contribution in [1.82, 2.24) is 4.72 Å². The van der Waals surface area contributed by atoms with Crippen LogP contribution in [0.2, 0.25) is 20.1 Å². The van der Waals surface area contributed by atoms with Crippen molar-refractivity contribution in [2.45, 2.75) is 78.1 Å². The maximum absolute atomic E-state index is 13.8. The van der Waals surface area contributed by atoms with Crippen LogP contribution in [0.1, 0.15) is 78.4 Å².